The molecule has 1 aromatic rings. The van der Waals surface area contributed by atoms with Crippen LogP contribution in [-0.4, -0.2) is 26.9 Å². The number of methoxy groups -OCH3 is 1. The third-order valence-corrected chi connectivity index (χ3v) is 3.70. The fraction of sp³-hybridized carbons (Fsp3) is 0.286. The molecule has 0 saturated carbocycles. The van der Waals surface area contributed by atoms with Gasteiger partial charge in [0.25, 0.3) is 9.05 Å². The van der Waals surface area contributed by atoms with Crippen molar-refractivity contribution in [2.24, 2.45) is 0 Å². The highest BCUT2D eigenvalue weighted by Gasteiger charge is 2.37. The van der Waals surface area contributed by atoms with E-state index in [9.17, 15) is 21.6 Å². The van der Waals surface area contributed by atoms with E-state index in [1.165, 1.54) is 22.6 Å². The zero-order chi connectivity index (χ0) is 14.1. The quantitative estimate of drug-likeness (QED) is 0.430. The highest BCUT2D eigenvalue weighted by atomic mass is 127. The van der Waals surface area contributed by atoms with E-state index in [2.05, 4.69) is 14.5 Å². The summed E-state index contributed by atoms with van der Waals surface area (Å²) in [5.74, 6) is -1.46. The lowest BCUT2D eigenvalue weighted by Crippen LogP contribution is -2.20. The van der Waals surface area contributed by atoms with Gasteiger partial charge in [-0.1, -0.05) is 0 Å². The van der Waals surface area contributed by atoms with Crippen LogP contribution in [0.2, 0.25) is 0 Å². The summed E-state index contributed by atoms with van der Waals surface area (Å²) in [7, 11) is 1.63. The van der Waals surface area contributed by atoms with Crippen molar-refractivity contribution in [1.82, 2.24) is 4.98 Å². The summed E-state index contributed by atoms with van der Waals surface area (Å²) in [4.78, 5) is 2.61. The molecule has 0 atom stereocenters. The Morgan fingerprint density at radius 3 is 2.39 bits per heavy atom. The van der Waals surface area contributed by atoms with Crippen molar-refractivity contribution in [2.75, 3.05) is 7.11 Å². The molecular formula is C7H4ClF3INO4S. The largest absolute Gasteiger partial charge is 0.573 e. The number of halogens is 5. The molecule has 0 bridgehead atoms. The predicted octanol–water partition coefficient (Wildman–Crippen LogP) is 2.52. The molecular weight excluding hydrogens is 413 g/mol. The molecule has 5 nitrogen and oxygen atoms in total. The Balaban J connectivity index is 3.57. The lowest BCUT2D eigenvalue weighted by Gasteiger charge is -2.14. The number of rotatable bonds is 3. The van der Waals surface area contributed by atoms with Crippen molar-refractivity contribution in [1.29, 1.82) is 0 Å². The van der Waals surface area contributed by atoms with Crippen molar-refractivity contribution in [2.45, 2.75) is 11.3 Å². The first-order valence-electron chi connectivity index (χ1n) is 3.99. The number of hydrogen-bond acceptors (Lipinski definition) is 5. The van der Waals surface area contributed by atoms with Crippen LogP contribution in [0.5, 0.6) is 11.5 Å². The lowest BCUT2D eigenvalue weighted by atomic mass is 10.4. The zero-order valence-corrected chi connectivity index (χ0v) is 12.2. The summed E-state index contributed by atoms with van der Waals surface area (Å²) in [6.45, 7) is 0. The van der Waals surface area contributed by atoms with Crippen LogP contribution in [0, 0.1) is 3.70 Å². The smallest absolute Gasteiger partial charge is 0.494 e. The molecule has 0 spiro atoms. The van der Waals surface area contributed by atoms with Crippen LogP contribution >= 0.6 is 33.3 Å². The summed E-state index contributed by atoms with van der Waals surface area (Å²) in [6.07, 6.45) is -4.15. The predicted molar refractivity (Wildman–Crippen MR) is 63.2 cm³/mol. The average Bonchev–Trinajstić information content (AvgIpc) is 2.17. The van der Waals surface area contributed by atoms with Gasteiger partial charge in [0, 0.05) is 10.7 Å². The van der Waals surface area contributed by atoms with E-state index in [0.717, 1.165) is 13.3 Å². The molecule has 0 unspecified atom stereocenters. The fourth-order valence-corrected chi connectivity index (χ4v) is 2.90. The minimum atomic E-state index is -5.08. The van der Waals surface area contributed by atoms with Crippen molar-refractivity contribution in [3.05, 3.63) is 9.90 Å². The van der Waals surface area contributed by atoms with Gasteiger partial charge in [0.15, 0.2) is 16.4 Å². The molecule has 0 N–H and O–H groups in total. The molecule has 1 aromatic heterocycles. The first-order valence-corrected chi connectivity index (χ1v) is 7.38. The maximum Gasteiger partial charge on any atom is 0.573 e. The molecule has 0 aliphatic carbocycles. The van der Waals surface area contributed by atoms with Crippen molar-refractivity contribution in [3.8, 4) is 11.5 Å². The minimum absolute atomic E-state index is 0.315. The molecule has 11 heteroatoms. The average molecular weight is 418 g/mol. The maximum atomic E-state index is 12.2. The van der Waals surface area contributed by atoms with Gasteiger partial charge in [0.05, 0.1) is 13.3 Å². The third kappa shape index (κ3) is 3.75. The van der Waals surface area contributed by atoms with Crippen LogP contribution in [0.15, 0.2) is 11.1 Å². The van der Waals surface area contributed by atoms with Gasteiger partial charge >= 0.3 is 6.36 Å². The fourth-order valence-electron chi connectivity index (χ4n) is 1.02. The van der Waals surface area contributed by atoms with Gasteiger partial charge in [0.1, 0.15) is 3.70 Å². The Kier molecular flexibility index (Phi) is 4.54. The van der Waals surface area contributed by atoms with E-state index in [1.807, 2.05) is 0 Å². The molecule has 0 aliphatic heterocycles. The molecule has 102 valence electrons. The molecule has 1 heterocycles. The monoisotopic (exact) mass is 417 g/mol. The van der Waals surface area contributed by atoms with Gasteiger partial charge < -0.3 is 9.47 Å². The molecule has 0 amide bonds. The summed E-state index contributed by atoms with van der Waals surface area (Å²) < 4.78 is 67.0. The Morgan fingerprint density at radius 1 is 1.44 bits per heavy atom. The number of alkyl halides is 3. The Hall–Kier alpha value is -0.490. The summed E-state index contributed by atoms with van der Waals surface area (Å²) >= 11 is 1.38. The van der Waals surface area contributed by atoms with Crippen LogP contribution < -0.4 is 9.47 Å². The second kappa shape index (κ2) is 5.25. The zero-order valence-electron chi connectivity index (χ0n) is 8.46. The van der Waals surface area contributed by atoms with E-state index in [-0.39, 0.29) is 3.70 Å². The molecule has 0 aromatic carbocycles. The van der Waals surface area contributed by atoms with Gasteiger partial charge in [-0.25, -0.2) is 13.4 Å². The second-order valence-electron chi connectivity index (χ2n) is 2.76. The van der Waals surface area contributed by atoms with E-state index in [0.29, 0.717) is 0 Å². The van der Waals surface area contributed by atoms with Crippen molar-refractivity contribution in [3.63, 3.8) is 0 Å². The molecule has 0 fully saturated rings. The van der Waals surface area contributed by atoms with Crippen molar-refractivity contribution < 1.29 is 31.1 Å². The standard InChI is InChI=1S/C7H4ClF3INO4S/c1-16-3-2-13-6(12)4(17-7(9,10)11)5(3)18(8,14)15/h2H,1H3. The second-order valence-corrected chi connectivity index (χ2v) is 6.29. The number of hydrogen-bond donors (Lipinski definition) is 0. The number of aromatic nitrogens is 1. The van der Waals surface area contributed by atoms with Crippen LogP contribution in [0.25, 0.3) is 0 Å². The van der Waals surface area contributed by atoms with Gasteiger partial charge in [-0.15, -0.1) is 13.2 Å². The van der Waals surface area contributed by atoms with Crippen molar-refractivity contribution >= 4 is 42.3 Å². The van der Waals surface area contributed by atoms with E-state index in [4.69, 9.17) is 10.7 Å². The highest BCUT2D eigenvalue weighted by Crippen LogP contribution is 2.40. The van der Waals surface area contributed by atoms with Crippen LogP contribution in [0.4, 0.5) is 13.2 Å². The molecule has 0 aliphatic rings. The Bertz CT molecular complexity index is 563. The number of ether oxygens (including phenoxy) is 2. The molecule has 0 saturated heterocycles. The summed E-state index contributed by atoms with van der Waals surface area (Å²) in [5, 5.41) is 0. The highest BCUT2D eigenvalue weighted by molar-refractivity contribution is 14.1. The Labute approximate surface area is 118 Å². The minimum Gasteiger partial charge on any atom is -0.494 e. The molecule has 1 rings (SSSR count). The van der Waals surface area contributed by atoms with E-state index >= 15 is 0 Å². The number of pyridine rings is 1. The molecule has 0 radical (unpaired) electrons. The van der Waals surface area contributed by atoms with Gasteiger partial charge in [-0.3, -0.25) is 0 Å². The van der Waals surface area contributed by atoms with E-state index in [1.54, 1.807) is 0 Å². The summed E-state index contributed by atoms with van der Waals surface area (Å²) in [5.41, 5.74) is 0. The van der Waals surface area contributed by atoms with Gasteiger partial charge in [0.2, 0.25) is 0 Å². The normalized spacial score (nSPS) is 12.3. The summed E-state index contributed by atoms with van der Waals surface area (Å²) in [6, 6.07) is 0. The lowest BCUT2D eigenvalue weighted by molar-refractivity contribution is -0.276. The van der Waals surface area contributed by atoms with Crippen LogP contribution in [0.1, 0.15) is 0 Å². The first-order chi connectivity index (χ1) is 8.06. The third-order valence-electron chi connectivity index (χ3n) is 1.59. The van der Waals surface area contributed by atoms with E-state index < -0.39 is 31.8 Å². The van der Waals surface area contributed by atoms with Crippen LogP contribution in [0.3, 0.4) is 0 Å². The maximum absolute atomic E-state index is 12.2. The van der Waals surface area contributed by atoms with Crippen LogP contribution in [-0.2, 0) is 9.05 Å². The van der Waals surface area contributed by atoms with Gasteiger partial charge in [-0.2, -0.15) is 0 Å². The SMILES string of the molecule is COc1cnc(I)c(OC(F)(F)F)c1S(=O)(=O)Cl. The topological polar surface area (TPSA) is 65.5 Å². The van der Waals surface area contributed by atoms with Gasteiger partial charge in [-0.05, 0) is 22.6 Å². The first kappa shape index (κ1) is 15.6. The molecule has 18 heavy (non-hydrogen) atoms. The number of nitrogens with zero attached hydrogens (tertiary/aromatic N) is 1. The Morgan fingerprint density at radius 2 is 2.00 bits per heavy atom.